The molecule has 1 atom stereocenters. The molecule has 1 saturated heterocycles. The molecule has 0 unspecified atom stereocenters. The Morgan fingerprint density at radius 3 is 2.55 bits per heavy atom. The maximum Gasteiger partial charge on any atom is 0.233 e. The molecule has 0 spiro atoms. The van der Waals surface area contributed by atoms with E-state index in [1.807, 2.05) is 38.1 Å². The highest BCUT2D eigenvalue weighted by atomic mass is 32.2. The molecule has 0 radical (unpaired) electrons. The normalized spacial score (nSPS) is 16.8. The van der Waals surface area contributed by atoms with Crippen LogP contribution in [0.15, 0.2) is 62.9 Å². The number of oxazole rings is 1. The number of sulfone groups is 1. The van der Waals surface area contributed by atoms with Crippen LogP contribution in [0, 0.1) is 13.8 Å². The number of aromatic nitrogens is 1. The third kappa shape index (κ3) is 4.06. The van der Waals surface area contributed by atoms with Crippen LogP contribution < -0.4 is 5.32 Å². The number of benzene rings is 2. The van der Waals surface area contributed by atoms with Crippen LogP contribution in [0.5, 0.6) is 0 Å². The van der Waals surface area contributed by atoms with Crippen molar-refractivity contribution < 1.29 is 17.6 Å². The molecule has 2 heterocycles. The Morgan fingerprint density at radius 2 is 1.86 bits per heavy atom. The van der Waals surface area contributed by atoms with Crippen molar-refractivity contribution in [1.82, 2.24) is 4.98 Å². The minimum atomic E-state index is -3.84. The maximum absolute atomic E-state index is 13.3. The smallest absolute Gasteiger partial charge is 0.233 e. The quantitative estimate of drug-likeness (QED) is 0.647. The van der Waals surface area contributed by atoms with Crippen molar-refractivity contribution in [3.63, 3.8) is 0 Å². The summed E-state index contributed by atoms with van der Waals surface area (Å²) in [5.41, 5.74) is 2.71. The van der Waals surface area contributed by atoms with Gasteiger partial charge in [0.15, 0.2) is 0 Å². The highest BCUT2D eigenvalue weighted by Gasteiger charge is 2.29. The van der Waals surface area contributed by atoms with Gasteiger partial charge in [0.25, 0.3) is 0 Å². The molecule has 1 N–H and O–H groups in total. The van der Waals surface area contributed by atoms with Gasteiger partial charge in [-0.3, -0.25) is 0 Å². The van der Waals surface area contributed by atoms with E-state index in [0.717, 1.165) is 36.1 Å². The summed E-state index contributed by atoms with van der Waals surface area (Å²) in [4.78, 5) is 4.59. The van der Waals surface area contributed by atoms with Crippen LogP contribution in [0.25, 0.3) is 11.5 Å². The number of aryl methyl sites for hydroxylation is 2. The molecule has 7 heteroatoms. The van der Waals surface area contributed by atoms with Gasteiger partial charge in [-0.05, 0) is 50.5 Å². The Bertz CT molecular complexity index is 1100. The molecule has 1 fully saturated rings. The van der Waals surface area contributed by atoms with Gasteiger partial charge in [-0.15, -0.1) is 0 Å². The van der Waals surface area contributed by atoms with Gasteiger partial charge in [-0.1, -0.05) is 35.9 Å². The molecule has 1 aromatic heterocycles. The van der Waals surface area contributed by atoms with Crippen molar-refractivity contribution in [1.29, 1.82) is 0 Å². The predicted octanol–water partition coefficient (Wildman–Crippen LogP) is 4.38. The monoisotopic (exact) mass is 412 g/mol. The number of hydrogen-bond donors (Lipinski definition) is 1. The first-order chi connectivity index (χ1) is 13.9. The van der Waals surface area contributed by atoms with E-state index in [2.05, 4.69) is 10.3 Å². The first-order valence-electron chi connectivity index (χ1n) is 9.69. The highest BCUT2D eigenvalue weighted by Crippen LogP contribution is 2.33. The molecule has 1 aliphatic rings. The number of ether oxygens (including phenoxy) is 1. The molecule has 0 bridgehead atoms. The lowest BCUT2D eigenvalue weighted by Gasteiger charge is -2.11. The molecule has 3 aromatic rings. The third-order valence-corrected chi connectivity index (χ3v) is 6.75. The van der Waals surface area contributed by atoms with Crippen molar-refractivity contribution in [2.75, 3.05) is 18.5 Å². The maximum atomic E-state index is 13.3. The van der Waals surface area contributed by atoms with Gasteiger partial charge in [0.2, 0.25) is 26.6 Å². The van der Waals surface area contributed by atoms with Gasteiger partial charge in [-0.2, -0.15) is 4.98 Å². The predicted molar refractivity (Wildman–Crippen MR) is 111 cm³/mol. The molecule has 0 aliphatic carbocycles. The van der Waals surface area contributed by atoms with Gasteiger partial charge in [0.05, 0.1) is 11.0 Å². The second-order valence-corrected chi connectivity index (χ2v) is 9.17. The average Bonchev–Trinajstić information content (AvgIpc) is 3.37. The molecule has 6 nitrogen and oxygen atoms in total. The van der Waals surface area contributed by atoms with Crippen LogP contribution in [-0.4, -0.2) is 32.7 Å². The van der Waals surface area contributed by atoms with Crippen LogP contribution in [0.1, 0.15) is 24.0 Å². The van der Waals surface area contributed by atoms with E-state index in [1.165, 1.54) is 0 Å². The van der Waals surface area contributed by atoms with Crippen molar-refractivity contribution in [3.05, 3.63) is 59.7 Å². The molecule has 1 aliphatic heterocycles. The van der Waals surface area contributed by atoms with E-state index >= 15 is 0 Å². The van der Waals surface area contributed by atoms with Crippen LogP contribution >= 0.6 is 0 Å². The van der Waals surface area contributed by atoms with Crippen molar-refractivity contribution >= 4 is 15.7 Å². The Kier molecular flexibility index (Phi) is 5.43. The van der Waals surface area contributed by atoms with Gasteiger partial charge in [0.1, 0.15) is 0 Å². The van der Waals surface area contributed by atoms with Crippen LogP contribution in [0.4, 0.5) is 5.88 Å². The van der Waals surface area contributed by atoms with E-state index in [-0.39, 0.29) is 27.8 Å². The second-order valence-electron chi connectivity index (χ2n) is 7.30. The van der Waals surface area contributed by atoms with Gasteiger partial charge in [0, 0.05) is 18.7 Å². The van der Waals surface area contributed by atoms with Crippen LogP contribution in [0.2, 0.25) is 0 Å². The SMILES string of the molecule is Cc1ccc(S(=O)(=O)c2nc(-c3ccccc3C)oc2NC[C@@H]2CCCO2)cc1. The summed E-state index contributed by atoms with van der Waals surface area (Å²) in [5, 5.41) is 3.02. The minimum absolute atomic E-state index is 0.0388. The minimum Gasteiger partial charge on any atom is -0.419 e. The Labute approximate surface area is 170 Å². The van der Waals surface area contributed by atoms with Crippen molar-refractivity contribution in [3.8, 4) is 11.5 Å². The summed E-state index contributed by atoms with van der Waals surface area (Å²) in [6, 6.07) is 14.3. The standard InChI is InChI=1S/C22H24N2O4S/c1-15-9-11-18(12-10-15)29(25,26)22-21(23-14-17-7-5-13-27-17)28-20(24-22)19-8-4-3-6-16(19)2/h3-4,6,8-12,17,23H,5,7,13-14H2,1-2H3/t17-/m0/s1. The Hall–Kier alpha value is -2.64. The van der Waals surface area contributed by atoms with Crippen LogP contribution in [-0.2, 0) is 14.6 Å². The Balaban J connectivity index is 1.75. The Morgan fingerprint density at radius 1 is 1.10 bits per heavy atom. The number of nitrogens with one attached hydrogen (secondary N) is 1. The fourth-order valence-electron chi connectivity index (χ4n) is 3.37. The summed E-state index contributed by atoms with van der Waals surface area (Å²) in [7, 11) is -3.84. The van der Waals surface area contributed by atoms with Gasteiger partial charge in [-0.25, -0.2) is 8.42 Å². The van der Waals surface area contributed by atoms with E-state index in [4.69, 9.17) is 9.15 Å². The molecular weight excluding hydrogens is 388 g/mol. The van der Waals surface area contributed by atoms with Crippen molar-refractivity contribution in [2.45, 2.75) is 42.7 Å². The molecule has 4 rings (SSSR count). The van der Waals surface area contributed by atoms with E-state index < -0.39 is 9.84 Å². The summed E-state index contributed by atoms with van der Waals surface area (Å²) in [5.74, 6) is 0.433. The zero-order valence-corrected chi connectivity index (χ0v) is 17.3. The fourth-order valence-corrected chi connectivity index (χ4v) is 4.65. The third-order valence-electron chi connectivity index (χ3n) is 5.07. The topological polar surface area (TPSA) is 81.4 Å². The summed E-state index contributed by atoms with van der Waals surface area (Å²) >= 11 is 0. The lowest BCUT2D eigenvalue weighted by Crippen LogP contribution is -2.19. The first kappa shape index (κ1) is 19.7. The summed E-state index contributed by atoms with van der Waals surface area (Å²) in [6.07, 6.45) is 1.98. The molecular formula is C22H24N2O4S. The average molecular weight is 413 g/mol. The number of anilines is 1. The zero-order chi connectivity index (χ0) is 20.4. The summed E-state index contributed by atoms with van der Waals surface area (Å²) < 4.78 is 38.1. The second kappa shape index (κ2) is 8.00. The van der Waals surface area contributed by atoms with E-state index in [0.29, 0.717) is 6.54 Å². The molecule has 29 heavy (non-hydrogen) atoms. The molecule has 2 aromatic carbocycles. The lowest BCUT2D eigenvalue weighted by atomic mass is 10.1. The molecule has 152 valence electrons. The number of nitrogens with zero attached hydrogens (tertiary/aromatic N) is 1. The highest BCUT2D eigenvalue weighted by molar-refractivity contribution is 7.91. The number of hydrogen-bond acceptors (Lipinski definition) is 6. The van der Waals surface area contributed by atoms with E-state index in [9.17, 15) is 8.42 Å². The summed E-state index contributed by atoms with van der Waals surface area (Å²) in [6.45, 7) is 5.05. The first-order valence-corrected chi connectivity index (χ1v) is 11.2. The zero-order valence-electron chi connectivity index (χ0n) is 16.5. The molecule has 0 saturated carbocycles. The van der Waals surface area contributed by atoms with E-state index in [1.54, 1.807) is 24.3 Å². The largest absolute Gasteiger partial charge is 0.419 e. The molecule has 0 amide bonds. The van der Waals surface area contributed by atoms with Gasteiger partial charge >= 0.3 is 0 Å². The fraction of sp³-hybridized carbons (Fsp3) is 0.318. The van der Waals surface area contributed by atoms with Gasteiger partial charge < -0.3 is 14.5 Å². The van der Waals surface area contributed by atoms with Crippen LogP contribution in [0.3, 0.4) is 0 Å². The number of rotatable bonds is 6. The van der Waals surface area contributed by atoms with Crippen molar-refractivity contribution in [2.24, 2.45) is 0 Å². The lowest BCUT2D eigenvalue weighted by molar-refractivity contribution is 0.120.